The van der Waals surface area contributed by atoms with Gasteiger partial charge < -0.3 is 4.57 Å². The molecule has 0 saturated carbocycles. The number of hydrogen-bond acceptors (Lipinski definition) is 3. The Bertz CT molecular complexity index is 522. The lowest BCUT2D eigenvalue weighted by Crippen LogP contribution is -2.46. The molecule has 0 spiro atoms. The van der Waals surface area contributed by atoms with Crippen LogP contribution < -0.4 is 0 Å². The average Bonchev–Trinajstić information content (AvgIpc) is 2.70. The fraction of sp³-hybridized carbons (Fsp3) is 0.727. The molecule has 0 aromatic carbocycles. The first kappa shape index (κ1) is 15.7. The van der Waals surface area contributed by atoms with Crippen molar-refractivity contribution >= 4 is 26.0 Å². The van der Waals surface area contributed by atoms with E-state index in [4.69, 9.17) is 0 Å². The fourth-order valence-electron chi connectivity index (χ4n) is 1.47. The van der Waals surface area contributed by atoms with Gasteiger partial charge in [-0.25, -0.2) is 13.4 Å². The zero-order chi connectivity index (χ0) is 14.1. The van der Waals surface area contributed by atoms with Gasteiger partial charge in [0.2, 0.25) is 0 Å². The Balaban J connectivity index is 3.21. The van der Waals surface area contributed by atoms with Gasteiger partial charge >= 0.3 is 0 Å². The fourth-order valence-corrected chi connectivity index (χ4v) is 3.52. The van der Waals surface area contributed by atoms with Crippen LogP contribution in [0.4, 0.5) is 0 Å². The third-order valence-electron chi connectivity index (χ3n) is 3.10. The van der Waals surface area contributed by atoms with Crippen molar-refractivity contribution in [3.8, 4) is 0 Å². The minimum absolute atomic E-state index is 0.110. The highest BCUT2D eigenvalue weighted by Crippen LogP contribution is 2.23. The smallest absolute Gasteiger partial charge is 0.262 e. The van der Waals surface area contributed by atoms with Crippen molar-refractivity contribution < 1.29 is 8.42 Å². The van der Waals surface area contributed by atoms with Crippen molar-refractivity contribution in [1.29, 1.82) is 0 Å². The van der Waals surface area contributed by atoms with Crippen LogP contribution in [0.15, 0.2) is 11.2 Å². The summed E-state index contributed by atoms with van der Waals surface area (Å²) in [5.41, 5.74) is -0.497. The number of nitrogens with zero attached hydrogens (tertiary/aromatic N) is 3. The molecule has 5 nitrogen and oxygen atoms in total. The lowest BCUT2D eigenvalue weighted by Gasteiger charge is -2.32. The standard InChI is InChI=1S/C11H20BrN3O2S/c1-6-15-7-10(13-9(15)2)18(16,17)14(5)11(3,4)8-12/h7H,6,8H2,1-5H3. The van der Waals surface area contributed by atoms with Gasteiger partial charge in [-0.05, 0) is 27.7 Å². The predicted molar refractivity (Wildman–Crippen MR) is 75.5 cm³/mol. The van der Waals surface area contributed by atoms with Crippen molar-refractivity contribution in [1.82, 2.24) is 13.9 Å². The van der Waals surface area contributed by atoms with Gasteiger partial charge in [-0.1, -0.05) is 15.9 Å². The number of imidazole rings is 1. The Morgan fingerprint density at radius 2 is 2.06 bits per heavy atom. The molecule has 0 aliphatic rings. The lowest BCUT2D eigenvalue weighted by molar-refractivity contribution is 0.298. The molecule has 18 heavy (non-hydrogen) atoms. The van der Waals surface area contributed by atoms with Crippen LogP contribution in [0.25, 0.3) is 0 Å². The van der Waals surface area contributed by atoms with Crippen LogP contribution in [0.2, 0.25) is 0 Å². The van der Waals surface area contributed by atoms with E-state index in [1.54, 1.807) is 20.2 Å². The molecule has 7 heteroatoms. The summed E-state index contributed by atoms with van der Waals surface area (Å²) in [4.78, 5) is 4.14. The molecule has 0 saturated heterocycles. The van der Waals surface area contributed by atoms with Gasteiger partial charge in [0.25, 0.3) is 10.0 Å². The van der Waals surface area contributed by atoms with E-state index in [1.165, 1.54) is 4.31 Å². The molecule has 1 aromatic heterocycles. The van der Waals surface area contributed by atoms with Crippen LogP contribution in [0.1, 0.15) is 26.6 Å². The van der Waals surface area contributed by atoms with E-state index in [0.29, 0.717) is 17.7 Å². The maximum Gasteiger partial charge on any atom is 0.262 e. The number of aryl methyl sites for hydroxylation is 2. The maximum atomic E-state index is 12.4. The van der Waals surface area contributed by atoms with Gasteiger partial charge in [0.05, 0.1) is 0 Å². The summed E-state index contributed by atoms with van der Waals surface area (Å²) < 4.78 is 28.1. The van der Waals surface area contributed by atoms with Crippen LogP contribution in [0.5, 0.6) is 0 Å². The van der Waals surface area contributed by atoms with E-state index in [-0.39, 0.29) is 5.03 Å². The molecule has 0 amide bonds. The van der Waals surface area contributed by atoms with Crippen LogP contribution >= 0.6 is 15.9 Å². The first-order valence-electron chi connectivity index (χ1n) is 5.75. The van der Waals surface area contributed by atoms with Gasteiger partial charge in [0, 0.05) is 30.7 Å². The highest BCUT2D eigenvalue weighted by molar-refractivity contribution is 9.09. The van der Waals surface area contributed by atoms with Crippen LogP contribution in [0, 0.1) is 6.92 Å². The third-order valence-corrected chi connectivity index (χ3v) is 6.41. The van der Waals surface area contributed by atoms with Crippen LogP contribution in [-0.4, -0.2) is 40.2 Å². The van der Waals surface area contributed by atoms with Crippen molar-refractivity contribution in [2.24, 2.45) is 0 Å². The molecule has 0 radical (unpaired) electrons. The van der Waals surface area contributed by atoms with E-state index < -0.39 is 15.6 Å². The number of rotatable bonds is 5. The summed E-state index contributed by atoms with van der Waals surface area (Å²) in [7, 11) is -1.97. The molecule has 1 rings (SSSR count). The van der Waals surface area contributed by atoms with Crippen molar-refractivity contribution in [3.63, 3.8) is 0 Å². The normalized spacial score (nSPS) is 13.3. The highest BCUT2D eigenvalue weighted by atomic mass is 79.9. The van der Waals surface area contributed by atoms with E-state index in [9.17, 15) is 8.42 Å². The summed E-state index contributed by atoms with van der Waals surface area (Å²) in [6.07, 6.45) is 1.59. The first-order chi connectivity index (χ1) is 8.16. The molecule has 104 valence electrons. The number of aromatic nitrogens is 2. The van der Waals surface area contributed by atoms with Gasteiger partial charge in [0.15, 0.2) is 5.03 Å². The highest BCUT2D eigenvalue weighted by Gasteiger charge is 2.34. The monoisotopic (exact) mass is 337 g/mol. The Hall–Kier alpha value is -0.400. The summed E-state index contributed by atoms with van der Waals surface area (Å²) in [6.45, 7) is 8.20. The molecule has 0 aliphatic heterocycles. The second-order valence-electron chi connectivity index (χ2n) is 4.83. The molecule has 0 fully saturated rings. The molecule has 0 atom stereocenters. The Labute approximate surface area is 117 Å². The van der Waals surface area contributed by atoms with Crippen LogP contribution in [0.3, 0.4) is 0 Å². The quantitative estimate of drug-likeness (QED) is 0.772. The van der Waals surface area contributed by atoms with E-state index in [0.717, 1.165) is 0 Å². The Kier molecular flexibility index (Phi) is 4.61. The molecule has 1 aromatic rings. The van der Waals surface area contributed by atoms with E-state index in [1.807, 2.05) is 25.3 Å². The average molecular weight is 338 g/mol. The van der Waals surface area contributed by atoms with Gasteiger partial charge in [-0.3, -0.25) is 0 Å². The molecular formula is C11H20BrN3O2S. The Morgan fingerprint density at radius 3 is 2.44 bits per heavy atom. The first-order valence-corrected chi connectivity index (χ1v) is 8.31. The van der Waals surface area contributed by atoms with Gasteiger partial charge in [-0.2, -0.15) is 4.31 Å². The summed E-state index contributed by atoms with van der Waals surface area (Å²) >= 11 is 3.34. The topological polar surface area (TPSA) is 55.2 Å². The zero-order valence-corrected chi connectivity index (χ0v) is 13.8. The summed E-state index contributed by atoms with van der Waals surface area (Å²) in [5.74, 6) is 0.709. The molecular weight excluding hydrogens is 318 g/mol. The van der Waals surface area contributed by atoms with Crippen molar-refractivity contribution in [2.75, 3.05) is 12.4 Å². The Morgan fingerprint density at radius 1 is 1.50 bits per heavy atom. The van der Waals surface area contributed by atoms with Crippen LogP contribution in [-0.2, 0) is 16.6 Å². The minimum atomic E-state index is -3.55. The number of sulfonamides is 1. The zero-order valence-electron chi connectivity index (χ0n) is 11.4. The second-order valence-corrected chi connectivity index (χ2v) is 7.31. The number of hydrogen-bond donors (Lipinski definition) is 0. The minimum Gasteiger partial charge on any atom is -0.334 e. The summed E-state index contributed by atoms with van der Waals surface area (Å²) in [6, 6.07) is 0. The number of alkyl halides is 1. The molecule has 0 N–H and O–H groups in total. The molecule has 0 bridgehead atoms. The maximum absolute atomic E-state index is 12.4. The summed E-state index contributed by atoms with van der Waals surface area (Å²) in [5, 5.41) is 0.668. The third kappa shape index (κ3) is 2.78. The molecule has 0 unspecified atom stereocenters. The van der Waals surface area contributed by atoms with E-state index >= 15 is 0 Å². The van der Waals surface area contributed by atoms with E-state index in [2.05, 4.69) is 20.9 Å². The van der Waals surface area contributed by atoms with Crippen molar-refractivity contribution in [2.45, 2.75) is 44.8 Å². The van der Waals surface area contributed by atoms with Gasteiger partial charge in [0.1, 0.15) is 5.82 Å². The number of halogens is 1. The lowest BCUT2D eigenvalue weighted by atomic mass is 10.1. The van der Waals surface area contributed by atoms with Gasteiger partial charge in [-0.15, -0.1) is 0 Å². The molecule has 1 heterocycles. The molecule has 0 aliphatic carbocycles. The second kappa shape index (κ2) is 5.30. The predicted octanol–water partition coefficient (Wildman–Crippen LogP) is 2.01. The largest absolute Gasteiger partial charge is 0.334 e. The van der Waals surface area contributed by atoms with Crippen molar-refractivity contribution in [3.05, 3.63) is 12.0 Å². The SMILES string of the molecule is CCn1cc(S(=O)(=O)N(C)C(C)(C)CBr)nc1C.